The number of aliphatic hydroxyl groups excluding tert-OH is 30. The van der Waals surface area contributed by atoms with Crippen LogP contribution >= 0.6 is 0 Å². The molecule has 63 nitrogen and oxygen atoms in total. The van der Waals surface area contributed by atoms with Crippen LogP contribution < -0.4 is 26.6 Å². The molecule has 56 atom stereocenters. The Balaban J connectivity index is 0.902. The second-order valence-electron chi connectivity index (χ2n) is 36.0. The zero-order valence-corrected chi connectivity index (χ0v) is 76.4. The summed E-state index contributed by atoms with van der Waals surface area (Å²) in [6.45, 7) is -5.99. The minimum absolute atomic E-state index is 0.856. The molecule has 0 aromatic rings. The number of carboxylic acids is 1. The summed E-state index contributed by atoms with van der Waals surface area (Å²) >= 11 is 0. The highest BCUT2D eigenvalue weighted by molar-refractivity contribution is 5.77. The summed E-state index contributed by atoms with van der Waals surface area (Å²) in [7, 11) is 0. The molecule has 0 bridgehead atoms. The normalized spacial score (nSPS) is 48.0. The van der Waals surface area contributed by atoms with Crippen molar-refractivity contribution in [3.05, 3.63) is 0 Å². The molecule has 11 rings (SSSR count). The predicted molar refractivity (Wildman–Crippen MR) is 436 cm³/mol. The van der Waals surface area contributed by atoms with Gasteiger partial charge in [0.05, 0.1) is 84.3 Å². The largest absolute Gasteiger partial charge is 0.477 e. The Morgan fingerprint density at radius 1 is 0.303 bits per heavy atom. The maximum absolute atomic E-state index is 13.4. The number of nitrogens with one attached hydrogen (secondary N) is 5. The maximum atomic E-state index is 13.4. The Kier molecular flexibility index (Phi) is 41.7. The van der Waals surface area contributed by atoms with Gasteiger partial charge in [0.15, 0.2) is 62.9 Å². The molecule has 5 amide bonds. The van der Waals surface area contributed by atoms with Crippen molar-refractivity contribution in [2.24, 2.45) is 0 Å². The fourth-order valence-corrected chi connectivity index (χ4v) is 18.3. The average Bonchev–Trinajstić information content (AvgIpc) is 0.765. The summed E-state index contributed by atoms with van der Waals surface area (Å²) in [6, 6.07) is -9.69. The zero-order chi connectivity index (χ0) is 105. The first-order chi connectivity index (χ1) is 66.9. The van der Waals surface area contributed by atoms with Gasteiger partial charge in [-0.05, 0) is 6.92 Å². The lowest BCUT2D eigenvalue weighted by molar-refractivity contribution is -0.399. The number of hydrogen-bond acceptors (Lipinski definition) is 57. The van der Waals surface area contributed by atoms with Crippen LogP contribution in [-0.2, 0) is 128 Å². The SMILES string of the molecule is CC(=O)N[C@H]1[C@H](O[C@H]2[C@H](O)[C@@H](NC(C)=O)C(O)O[C@@H]2CO[C@@H]2O[C@@H](C)[C@@H](O)[C@@H](O)[C@@H]2O)O[C@H](CO)[C@@H](O[C@@H]2O[C@H](CO[C@H]3O[C@H](CO)[C@@H](O)[C@H](O)[C@@H]3O[C@@H]3O[C@H](CO)[C@@H](O[C@@H]4O[C@H](CO[C@]5(C(=O)O)C[C@H](O)[C@@H](NC(C)=O)[C@H]([C@H](O)[C@H](O)CO)O5)[C@H](O)[C@H](O)[C@H]4O)[C@H](O)[C@H]3NC(C)=O)[C@@H](O)[C@H](O[C@H]3O[C@H](CO)[C@@H](O)[C@H](O)[C@@H]3O[C@@H]3O[C@H](CO)[C@@H](O[C@@H]4O[C@H](CO)[C@H](O)[C@H](O)[C@H]4O)[C@H](O)[C@H]3NC(C)=O)[C@@H]2O)[C@@H]1O. The van der Waals surface area contributed by atoms with Gasteiger partial charge in [-0.2, -0.15) is 0 Å². The lowest BCUT2D eigenvalue weighted by atomic mass is 9.88. The van der Waals surface area contributed by atoms with Crippen molar-refractivity contribution in [2.45, 2.75) is 391 Å². The van der Waals surface area contributed by atoms with Crippen LogP contribution in [0.1, 0.15) is 48.0 Å². The van der Waals surface area contributed by atoms with Crippen LogP contribution in [0.5, 0.6) is 0 Å². The van der Waals surface area contributed by atoms with E-state index in [0.29, 0.717) is 0 Å². The van der Waals surface area contributed by atoms with Crippen molar-refractivity contribution in [3.63, 3.8) is 0 Å². The van der Waals surface area contributed by atoms with Crippen molar-refractivity contribution < 1.29 is 287 Å². The van der Waals surface area contributed by atoms with E-state index in [4.69, 9.17) is 99.5 Å². The van der Waals surface area contributed by atoms with E-state index >= 15 is 0 Å². The molecule has 11 aliphatic heterocycles. The van der Waals surface area contributed by atoms with Gasteiger partial charge in [-0.3, -0.25) is 24.0 Å². The summed E-state index contributed by atoms with van der Waals surface area (Å²) in [5, 5.41) is 360. The predicted octanol–water partition coefficient (Wildman–Crippen LogP) is -24.0. The third-order valence-corrected chi connectivity index (χ3v) is 25.9. The van der Waals surface area contributed by atoms with Crippen molar-refractivity contribution in [3.8, 4) is 0 Å². The third-order valence-electron chi connectivity index (χ3n) is 25.9. The van der Waals surface area contributed by atoms with Crippen molar-refractivity contribution in [2.75, 3.05) is 66.1 Å². The van der Waals surface area contributed by atoms with Gasteiger partial charge < -0.3 is 284 Å². The summed E-state index contributed by atoms with van der Waals surface area (Å²) in [4.78, 5) is 77.5. The van der Waals surface area contributed by atoms with Crippen molar-refractivity contribution in [1.82, 2.24) is 26.6 Å². The number of ether oxygens (including phenoxy) is 21. The lowest BCUT2D eigenvalue weighted by Gasteiger charge is -2.51. The van der Waals surface area contributed by atoms with Crippen LogP contribution in [0.25, 0.3) is 0 Å². The fraction of sp³-hybridized carbons (Fsp3) is 0.924. The Hall–Kier alpha value is -5.22. The fourth-order valence-electron chi connectivity index (χ4n) is 18.3. The number of aliphatic hydroxyl groups is 30. The molecule has 11 saturated heterocycles. The summed E-state index contributed by atoms with van der Waals surface area (Å²) in [5.41, 5.74) is 0. The Bertz CT molecular complexity index is 4010. The van der Waals surface area contributed by atoms with Crippen LogP contribution in [0.3, 0.4) is 0 Å². The van der Waals surface area contributed by atoms with Crippen LogP contribution in [0.15, 0.2) is 0 Å². The molecular weight excluding hydrogens is 1950 g/mol. The minimum Gasteiger partial charge on any atom is -0.477 e. The summed E-state index contributed by atoms with van der Waals surface area (Å²) in [6.07, 6.45) is -109. The Morgan fingerprint density at radius 3 is 1.05 bits per heavy atom. The number of aliphatic carboxylic acids is 1. The quantitative estimate of drug-likeness (QED) is 0.0273. The standard InChI is InChI=1S/C79H131N5O58/c1-18-40(99)51(110)56(115)72(125-18)122-16-34-63(47(106)36(68(119)126-34)81-20(3)93)135-69-37(82-21(4)94)48(107)62(31(14-91)130-69)138-75-59(118)65(139-77-67(55(114)44(103)28(11-88)129-77)141-71-39(84-23(6)96)50(109)60(29(12-89)132-71)136-73-57(116)52(111)42(101)26(9-86)127-73)46(105)32(133-75)15-123-76-66(54(113)43(102)27(10-87)128-76)140-70-38(83-22(5)95)49(108)61(30(13-90)131-70)137-74-58(117)53(112)45(104)33(134-74)17-124-79(78(120)121)7-24(97)35(80-19(2)92)64(142-79)41(100)25(98)8-85/h18,24-77,85-91,97-119H,7-17H2,1-6H3,(H,80,92)(H,81,93)(H,82,94)(H,83,95)(H,84,96)(H,120,121)/t18-,24-,25+,26+,27+,28+,29+,30+,31+,32+,33+,34+,35+,36+,37+,38+,39+,40+,41+,42-,43+,44+,45-,46+,47+,48+,49+,50+,51+,52-,53-,54-,55-,56-,57+,58+,59-,60+,61+,62+,63+,64+,65-,66-,67-,68?,69-,70-,71-,72+,73-,74-,75-,76-,77+,79+/m0/s1. The zero-order valence-electron chi connectivity index (χ0n) is 76.4. The molecule has 11 heterocycles. The van der Waals surface area contributed by atoms with Gasteiger partial charge in [0, 0.05) is 41.0 Å². The van der Waals surface area contributed by atoms with E-state index in [1.165, 1.54) is 6.92 Å². The van der Waals surface area contributed by atoms with E-state index in [1.54, 1.807) is 0 Å². The molecule has 11 aliphatic rings. The summed E-state index contributed by atoms with van der Waals surface area (Å²) in [5.74, 6) is -9.99. The monoisotopic (exact) mass is 2080 g/mol. The highest BCUT2D eigenvalue weighted by Crippen LogP contribution is 2.43. The van der Waals surface area contributed by atoms with Crippen molar-refractivity contribution >= 4 is 35.5 Å². The summed E-state index contributed by atoms with van der Waals surface area (Å²) < 4.78 is 125. The topological polar surface area (TPSA) is 984 Å². The minimum atomic E-state index is -3.11. The highest BCUT2D eigenvalue weighted by atomic mass is 16.8. The van der Waals surface area contributed by atoms with E-state index in [1.807, 2.05) is 0 Å². The van der Waals surface area contributed by atoms with E-state index < -0.39 is 451 Å². The van der Waals surface area contributed by atoms with E-state index in [9.17, 15) is 187 Å². The van der Waals surface area contributed by atoms with Crippen LogP contribution in [0, 0.1) is 0 Å². The van der Waals surface area contributed by atoms with E-state index in [2.05, 4.69) is 26.6 Å². The molecule has 0 spiro atoms. The lowest BCUT2D eigenvalue weighted by Crippen LogP contribution is -2.71. The first-order valence-corrected chi connectivity index (χ1v) is 45.1. The Labute approximate surface area is 803 Å². The van der Waals surface area contributed by atoms with Gasteiger partial charge in [-0.1, -0.05) is 0 Å². The van der Waals surface area contributed by atoms with E-state index in [-0.39, 0.29) is 0 Å². The van der Waals surface area contributed by atoms with Crippen molar-refractivity contribution in [1.29, 1.82) is 0 Å². The Morgan fingerprint density at radius 2 is 0.620 bits per heavy atom. The molecule has 0 aromatic carbocycles. The third kappa shape index (κ3) is 26.0. The first kappa shape index (κ1) is 117. The van der Waals surface area contributed by atoms with Crippen LogP contribution in [0.4, 0.5) is 0 Å². The molecular formula is C79H131N5O58. The molecule has 142 heavy (non-hydrogen) atoms. The van der Waals surface area contributed by atoms with E-state index in [0.717, 1.165) is 34.6 Å². The molecule has 820 valence electrons. The van der Waals surface area contributed by atoms with Crippen LogP contribution in [-0.4, -0.2) is 603 Å². The number of carbonyl (C=O) groups is 6. The molecule has 1 unspecified atom stereocenters. The number of carbonyl (C=O) groups excluding carboxylic acids is 5. The van der Waals surface area contributed by atoms with Gasteiger partial charge in [-0.15, -0.1) is 0 Å². The smallest absolute Gasteiger partial charge is 0.364 e. The molecule has 11 fully saturated rings. The van der Waals surface area contributed by atoms with Gasteiger partial charge in [-0.25, -0.2) is 4.79 Å². The number of amides is 5. The molecule has 0 aromatic heterocycles. The molecule has 0 aliphatic carbocycles. The average molecular weight is 2080 g/mol. The van der Waals surface area contributed by atoms with Crippen LogP contribution in [0.2, 0.25) is 0 Å². The molecule has 0 saturated carbocycles. The van der Waals surface area contributed by atoms with Gasteiger partial charge in [0.2, 0.25) is 29.5 Å². The number of carboxylic acid groups (broad SMARTS) is 1. The molecule has 0 radical (unpaired) electrons. The second kappa shape index (κ2) is 50.6. The maximum Gasteiger partial charge on any atom is 0.364 e. The number of hydrogen-bond donors (Lipinski definition) is 36. The van der Waals surface area contributed by atoms with Gasteiger partial charge in [0.25, 0.3) is 5.79 Å². The van der Waals surface area contributed by atoms with Gasteiger partial charge in [0.1, 0.15) is 256 Å². The molecule has 36 N–H and O–H groups in total. The molecule has 63 heteroatoms. The second-order valence-corrected chi connectivity index (χ2v) is 36.0. The highest BCUT2D eigenvalue weighted by Gasteiger charge is 2.64. The first-order valence-electron chi connectivity index (χ1n) is 45.1. The van der Waals surface area contributed by atoms with Gasteiger partial charge >= 0.3 is 5.97 Å². The number of rotatable bonds is 38.